The molecule has 3 amide bonds. The van der Waals surface area contributed by atoms with Gasteiger partial charge in [0.05, 0.1) is 25.6 Å². The van der Waals surface area contributed by atoms with Gasteiger partial charge in [0.15, 0.2) is 0 Å². The van der Waals surface area contributed by atoms with Crippen LogP contribution in [0.25, 0.3) is 0 Å². The molecule has 0 spiro atoms. The molecule has 2 rings (SSSR count). The number of amides is 3. The summed E-state index contributed by atoms with van der Waals surface area (Å²) in [6, 6.07) is 8.75. The van der Waals surface area contributed by atoms with E-state index < -0.39 is 0 Å². The summed E-state index contributed by atoms with van der Waals surface area (Å²) in [5, 5.41) is 11.4. The number of hydrogen-bond acceptors (Lipinski definition) is 4. The Balaban J connectivity index is 1.97. The monoisotopic (exact) mass is 316 g/mol. The molecule has 1 fully saturated rings. The molecule has 1 atom stereocenters. The van der Waals surface area contributed by atoms with Gasteiger partial charge in [0.2, 0.25) is 5.91 Å². The molecular formula is C16H20N4O3. The lowest BCUT2D eigenvalue weighted by atomic mass is 10.2. The van der Waals surface area contributed by atoms with Gasteiger partial charge < -0.3 is 19.9 Å². The topological polar surface area (TPSA) is 85.7 Å². The molecule has 1 aliphatic heterocycles. The van der Waals surface area contributed by atoms with Crippen LogP contribution < -0.4 is 15.0 Å². The highest BCUT2D eigenvalue weighted by molar-refractivity contribution is 5.97. The molecule has 1 aliphatic rings. The second kappa shape index (κ2) is 7.49. The molecule has 7 heteroatoms. The van der Waals surface area contributed by atoms with Crippen molar-refractivity contribution in [3.8, 4) is 11.8 Å². The summed E-state index contributed by atoms with van der Waals surface area (Å²) in [5.41, 5.74) is 0.754. The molecule has 1 aromatic rings. The third-order valence-corrected chi connectivity index (χ3v) is 3.72. The second-order valence-electron chi connectivity index (χ2n) is 5.39. The standard InChI is InChI=1S/C16H20N4O3/c1-19(8-4-7-17)16(22)18-12-9-15(21)20(11-12)13-5-3-6-14(10-13)23-2/h3,5-6,10,12H,4,8-9,11H2,1-2H3,(H,18,22)/t12-/m1/s1. The summed E-state index contributed by atoms with van der Waals surface area (Å²) < 4.78 is 5.17. The zero-order valence-electron chi connectivity index (χ0n) is 13.3. The van der Waals surface area contributed by atoms with E-state index in [2.05, 4.69) is 5.32 Å². The molecule has 7 nitrogen and oxygen atoms in total. The van der Waals surface area contributed by atoms with Gasteiger partial charge in [0, 0.05) is 38.3 Å². The average molecular weight is 316 g/mol. The van der Waals surface area contributed by atoms with Gasteiger partial charge in [-0.15, -0.1) is 0 Å². The summed E-state index contributed by atoms with van der Waals surface area (Å²) in [7, 11) is 3.20. The minimum absolute atomic E-state index is 0.0387. The van der Waals surface area contributed by atoms with Crippen molar-refractivity contribution >= 4 is 17.6 Å². The minimum Gasteiger partial charge on any atom is -0.497 e. The Hall–Kier alpha value is -2.75. The summed E-state index contributed by atoms with van der Waals surface area (Å²) in [4.78, 5) is 27.3. The number of rotatable bonds is 5. The van der Waals surface area contributed by atoms with Crippen LogP contribution in [0, 0.1) is 11.3 Å². The number of nitrogens with one attached hydrogen (secondary N) is 1. The van der Waals surface area contributed by atoms with Gasteiger partial charge in [-0.25, -0.2) is 4.79 Å². The summed E-state index contributed by atoms with van der Waals surface area (Å²) in [6.45, 7) is 0.784. The van der Waals surface area contributed by atoms with Crippen LogP contribution >= 0.6 is 0 Å². The lowest BCUT2D eigenvalue weighted by Gasteiger charge is -2.21. The Morgan fingerprint density at radius 1 is 1.57 bits per heavy atom. The van der Waals surface area contributed by atoms with Crippen molar-refractivity contribution in [2.75, 3.05) is 32.1 Å². The van der Waals surface area contributed by atoms with E-state index in [9.17, 15) is 9.59 Å². The number of anilines is 1. The molecule has 0 aromatic heterocycles. The molecular weight excluding hydrogens is 296 g/mol. The van der Waals surface area contributed by atoms with Crippen LogP contribution in [0.1, 0.15) is 12.8 Å². The van der Waals surface area contributed by atoms with E-state index in [1.165, 1.54) is 4.90 Å². The third-order valence-electron chi connectivity index (χ3n) is 3.72. The minimum atomic E-state index is -0.273. The molecule has 1 saturated heterocycles. The van der Waals surface area contributed by atoms with Crippen molar-refractivity contribution in [1.29, 1.82) is 5.26 Å². The van der Waals surface area contributed by atoms with Crippen LogP contribution in [-0.4, -0.2) is 50.1 Å². The maximum Gasteiger partial charge on any atom is 0.317 e. The van der Waals surface area contributed by atoms with Crippen molar-refractivity contribution in [1.82, 2.24) is 10.2 Å². The van der Waals surface area contributed by atoms with E-state index in [1.54, 1.807) is 25.1 Å². The summed E-state index contributed by atoms with van der Waals surface area (Å²) in [5.74, 6) is 0.641. The fourth-order valence-electron chi connectivity index (χ4n) is 2.44. The number of methoxy groups -OCH3 is 1. The highest BCUT2D eigenvalue weighted by Gasteiger charge is 2.32. The van der Waals surface area contributed by atoms with Crippen LogP contribution in [-0.2, 0) is 4.79 Å². The van der Waals surface area contributed by atoms with Crippen molar-refractivity contribution in [2.45, 2.75) is 18.9 Å². The maximum atomic E-state index is 12.2. The summed E-state index contributed by atoms with van der Waals surface area (Å²) in [6.07, 6.45) is 0.540. The Bertz CT molecular complexity index is 626. The van der Waals surface area contributed by atoms with E-state index in [-0.39, 0.29) is 30.8 Å². The molecule has 0 aliphatic carbocycles. The zero-order valence-corrected chi connectivity index (χ0v) is 13.3. The number of benzene rings is 1. The van der Waals surface area contributed by atoms with E-state index in [0.717, 1.165) is 5.69 Å². The smallest absolute Gasteiger partial charge is 0.317 e. The predicted octanol–water partition coefficient (Wildman–Crippen LogP) is 1.36. The lowest BCUT2D eigenvalue weighted by molar-refractivity contribution is -0.117. The number of nitriles is 1. The molecule has 0 radical (unpaired) electrons. The van der Waals surface area contributed by atoms with Crippen LogP contribution in [0.5, 0.6) is 5.75 Å². The first-order valence-corrected chi connectivity index (χ1v) is 7.38. The van der Waals surface area contributed by atoms with Gasteiger partial charge in [-0.2, -0.15) is 5.26 Å². The van der Waals surface area contributed by atoms with Gasteiger partial charge in [0.25, 0.3) is 0 Å². The van der Waals surface area contributed by atoms with E-state index in [1.807, 2.05) is 24.3 Å². The molecule has 1 heterocycles. The molecule has 122 valence electrons. The first kappa shape index (κ1) is 16.6. The number of carbonyl (C=O) groups is 2. The van der Waals surface area contributed by atoms with Crippen molar-refractivity contribution in [3.63, 3.8) is 0 Å². The molecule has 0 bridgehead atoms. The molecule has 0 unspecified atom stereocenters. The SMILES string of the molecule is COc1cccc(N2C[C@H](NC(=O)N(C)CCC#N)CC2=O)c1. The quantitative estimate of drug-likeness (QED) is 0.888. The highest BCUT2D eigenvalue weighted by Crippen LogP contribution is 2.25. The Labute approximate surface area is 135 Å². The van der Waals surface area contributed by atoms with E-state index in [0.29, 0.717) is 18.8 Å². The first-order valence-electron chi connectivity index (χ1n) is 7.38. The maximum absolute atomic E-state index is 12.2. The highest BCUT2D eigenvalue weighted by atomic mass is 16.5. The Morgan fingerprint density at radius 2 is 2.35 bits per heavy atom. The van der Waals surface area contributed by atoms with Crippen molar-refractivity contribution in [2.24, 2.45) is 0 Å². The van der Waals surface area contributed by atoms with Gasteiger partial charge >= 0.3 is 6.03 Å². The van der Waals surface area contributed by atoms with E-state index in [4.69, 9.17) is 10.00 Å². The molecule has 1 aromatic carbocycles. The second-order valence-corrected chi connectivity index (χ2v) is 5.39. The van der Waals surface area contributed by atoms with Crippen LogP contribution in [0.3, 0.4) is 0 Å². The molecule has 1 N–H and O–H groups in total. The van der Waals surface area contributed by atoms with Crippen LogP contribution in [0.4, 0.5) is 10.5 Å². The molecule has 0 saturated carbocycles. The first-order chi connectivity index (χ1) is 11.0. The van der Waals surface area contributed by atoms with E-state index >= 15 is 0 Å². The number of ether oxygens (including phenoxy) is 1. The van der Waals surface area contributed by atoms with Gasteiger partial charge in [0.1, 0.15) is 5.75 Å². The lowest BCUT2D eigenvalue weighted by Crippen LogP contribution is -2.44. The molecule has 23 heavy (non-hydrogen) atoms. The Morgan fingerprint density at radius 3 is 3.04 bits per heavy atom. The number of hydrogen-bond donors (Lipinski definition) is 1. The van der Waals surface area contributed by atoms with Crippen molar-refractivity contribution in [3.05, 3.63) is 24.3 Å². The normalized spacial score (nSPS) is 16.8. The average Bonchev–Trinajstić information content (AvgIpc) is 2.92. The largest absolute Gasteiger partial charge is 0.497 e. The number of nitrogens with zero attached hydrogens (tertiary/aromatic N) is 3. The summed E-state index contributed by atoms with van der Waals surface area (Å²) >= 11 is 0. The number of carbonyl (C=O) groups excluding carboxylic acids is 2. The number of urea groups is 1. The zero-order chi connectivity index (χ0) is 16.8. The van der Waals surface area contributed by atoms with Crippen LogP contribution in [0.15, 0.2) is 24.3 Å². The van der Waals surface area contributed by atoms with Gasteiger partial charge in [-0.05, 0) is 12.1 Å². The Kier molecular flexibility index (Phi) is 5.41. The predicted molar refractivity (Wildman–Crippen MR) is 85.1 cm³/mol. The third kappa shape index (κ3) is 4.13. The van der Waals surface area contributed by atoms with Crippen molar-refractivity contribution < 1.29 is 14.3 Å². The fourth-order valence-corrected chi connectivity index (χ4v) is 2.44. The van der Waals surface area contributed by atoms with Crippen LogP contribution in [0.2, 0.25) is 0 Å². The van der Waals surface area contributed by atoms with Gasteiger partial charge in [-0.3, -0.25) is 4.79 Å². The fraction of sp³-hybridized carbons (Fsp3) is 0.438. The van der Waals surface area contributed by atoms with Gasteiger partial charge in [-0.1, -0.05) is 6.07 Å².